The molecule has 1 unspecified atom stereocenters. The fraction of sp³-hybridized carbons (Fsp3) is 0.444. The van der Waals surface area contributed by atoms with Crippen molar-refractivity contribution in [3.8, 4) is 0 Å². The SMILES string of the molecule is Cc1c(C(CC(=O)O)NC=O)cnn1C. The monoisotopic (exact) mass is 211 g/mol. The molecule has 82 valence electrons. The Balaban J connectivity index is 2.92. The lowest BCUT2D eigenvalue weighted by molar-refractivity contribution is -0.137. The van der Waals surface area contributed by atoms with Crippen molar-refractivity contribution in [2.45, 2.75) is 19.4 Å². The highest BCUT2D eigenvalue weighted by Crippen LogP contribution is 2.19. The van der Waals surface area contributed by atoms with E-state index < -0.39 is 12.0 Å². The number of aromatic nitrogens is 2. The summed E-state index contributed by atoms with van der Waals surface area (Å²) >= 11 is 0. The molecule has 1 heterocycles. The van der Waals surface area contributed by atoms with Crippen molar-refractivity contribution in [3.05, 3.63) is 17.5 Å². The van der Waals surface area contributed by atoms with Crippen LogP contribution in [0, 0.1) is 6.92 Å². The zero-order chi connectivity index (χ0) is 11.4. The van der Waals surface area contributed by atoms with E-state index in [1.807, 2.05) is 6.92 Å². The molecule has 1 atom stereocenters. The number of carboxylic acid groups (broad SMARTS) is 1. The van der Waals surface area contributed by atoms with E-state index >= 15 is 0 Å². The summed E-state index contributed by atoms with van der Waals surface area (Å²) in [6.45, 7) is 1.82. The molecule has 1 aromatic rings. The summed E-state index contributed by atoms with van der Waals surface area (Å²) in [7, 11) is 1.76. The first kappa shape index (κ1) is 11.2. The molecule has 0 aliphatic carbocycles. The number of rotatable bonds is 5. The van der Waals surface area contributed by atoms with Crippen molar-refractivity contribution in [2.75, 3.05) is 0 Å². The van der Waals surface area contributed by atoms with Gasteiger partial charge < -0.3 is 10.4 Å². The molecule has 0 fully saturated rings. The van der Waals surface area contributed by atoms with Gasteiger partial charge in [0, 0.05) is 18.3 Å². The second-order valence-corrected chi connectivity index (χ2v) is 3.24. The lowest BCUT2D eigenvalue weighted by Gasteiger charge is -2.13. The molecule has 1 amide bonds. The van der Waals surface area contributed by atoms with Crippen molar-refractivity contribution in [3.63, 3.8) is 0 Å². The first-order valence-corrected chi connectivity index (χ1v) is 4.46. The van der Waals surface area contributed by atoms with Gasteiger partial charge in [0.15, 0.2) is 0 Å². The molecular formula is C9H13N3O3. The number of amides is 1. The van der Waals surface area contributed by atoms with Crippen LogP contribution in [0.4, 0.5) is 0 Å². The Labute approximate surface area is 86.9 Å². The maximum Gasteiger partial charge on any atom is 0.305 e. The van der Waals surface area contributed by atoms with Crippen LogP contribution in [0.15, 0.2) is 6.20 Å². The number of nitrogens with one attached hydrogen (secondary N) is 1. The average Bonchev–Trinajstić information content (AvgIpc) is 2.46. The largest absolute Gasteiger partial charge is 0.481 e. The van der Waals surface area contributed by atoms with Gasteiger partial charge >= 0.3 is 5.97 Å². The summed E-state index contributed by atoms with van der Waals surface area (Å²) in [6.07, 6.45) is 1.92. The minimum atomic E-state index is -0.961. The van der Waals surface area contributed by atoms with Gasteiger partial charge in [-0.05, 0) is 6.92 Å². The van der Waals surface area contributed by atoms with Crippen LogP contribution in [0.2, 0.25) is 0 Å². The van der Waals surface area contributed by atoms with Crippen LogP contribution < -0.4 is 5.32 Å². The van der Waals surface area contributed by atoms with Crippen LogP contribution in [0.1, 0.15) is 23.7 Å². The van der Waals surface area contributed by atoms with Gasteiger partial charge in [-0.15, -0.1) is 0 Å². The van der Waals surface area contributed by atoms with Crippen LogP contribution in [-0.2, 0) is 16.6 Å². The molecule has 0 saturated heterocycles. The number of carbonyl (C=O) groups is 2. The first-order chi connectivity index (χ1) is 7.06. The van der Waals surface area contributed by atoms with E-state index in [2.05, 4.69) is 10.4 Å². The Morgan fingerprint density at radius 2 is 2.47 bits per heavy atom. The maximum atomic E-state index is 10.6. The van der Waals surface area contributed by atoms with Gasteiger partial charge in [0.1, 0.15) is 0 Å². The molecule has 0 spiro atoms. The van der Waals surface area contributed by atoms with Crippen molar-refractivity contribution in [1.82, 2.24) is 15.1 Å². The molecule has 0 aliphatic rings. The smallest absolute Gasteiger partial charge is 0.305 e. The number of hydrogen-bond acceptors (Lipinski definition) is 3. The third-order valence-corrected chi connectivity index (χ3v) is 2.30. The molecule has 2 N–H and O–H groups in total. The van der Waals surface area contributed by atoms with Gasteiger partial charge in [-0.1, -0.05) is 0 Å². The van der Waals surface area contributed by atoms with E-state index in [0.29, 0.717) is 6.41 Å². The van der Waals surface area contributed by atoms with E-state index in [0.717, 1.165) is 11.3 Å². The van der Waals surface area contributed by atoms with E-state index in [-0.39, 0.29) is 6.42 Å². The number of nitrogens with zero attached hydrogens (tertiary/aromatic N) is 2. The number of hydrogen-bond donors (Lipinski definition) is 2. The van der Waals surface area contributed by atoms with Crippen molar-refractivity contribution >= 4 is 12.4 Å². The lowest BCUT2D eigenvalue weighted by atomic mass is 10.1. The van der Waals surface area contributed by atoms with E-state index in [1.54, 1.807) is 17.9 Å². The summed E-state index contributed by atoms with van der Waals surface area (Å²) in [5.74, 6) is -0.961. The molecule has 6 nitrogen and oxygen atoms in total. The Morgan fingerprint density at radius 1 is 1.80 bits per heavy atom. The van der Waals surface area contributed by atoms with Crippen molar-refractivity contribution < 1.29 is 14.7 Å². The van der Waals surface area contributed by atoms with Gasteiger partial charge in [-0.2, -0.15) is 5.10 Å². The highest BCUT2D eigenvalue weighted by Gasteiger charge is 2.18. The number of carbonyl (C=O) groups excluding carboxylic acids is 1. The van der Waals surface area contributed by atoms with Crippen molar-refractivity contribution in [1.29, 1.82) is 0 Å². The van der Waals surface area contributed by atoms with E-state index in [1.165, 1.54) is 0 Å². The predicted molar refractivity (Wildman–Crippen MR) is 52.1 cm³/mol. The predicted octanol–water partition coefficient (Wildman–Crippen LogP) is -0.00968. The first-order valence-electron chi connectivity index (χ1n) is 4.46. The highest BCUT2D eigenvalue weighted by molar-refractivity contribution is 5.68. The second-order valence-electron chi connectivity index (χ2n) is 3.24. The number of aryl methyl sites for hydroxylation is 1. The summed E-state index contributed by atoms with van der Waals surface area (Å²) < 4.78 is 1.64. The highest BCUT2D eigenvalue weighted by atomic mass is 16.4. The van der Waals surface area contributed by atoms with Crippen LogP contribution >= 0.6 is 0 Å². The second kappa shape index (κ2) is 4.59. The summed E-state index contributed by atoms with van der Waals surface area (Å²) in [4.78, 5) is 20.9. The normalized spacial score (nSPS) is 12.1. The molecule has 15 heavy (non-hydrogen) atoms. The topological polar surface area (TPSA) is 84.2 Å². The Morgan fingerprint density at radius 3 is 2.87 bits per heavy atom. The van der Waals surface area contributed by atoms with Crippen molar-refractivity contribution in [2.24, 2.45) is 7.05 Å². The molecule has 1 aromatic heterocycles. The zero-order valence-electron chi connectivity index (χ0n) is 8.60. The molecule has 1 rings (SSSR count). The van der Waals surface area contributed by atoms with E-state index in [4.69, 9.17) is 5.11 Å². The minimum absolute atomic E-state index is 0.148. The third kappa shape index (κ3) is 2.55. The quantitative estimate of drug-likeness (QED) is 0.671. The lowest BCUT2D eigenvalue weighted by Crippen LogP contribution is -2.22. The Hall–Kier alpha value is -1.85. The Bertz CT molecular complexity index is 373. The van der Waals surface area contributed by atoms with E-state index in [9.17, 15) is 9.59 Å². The molecule has 6 heteroatoms. The average molecular weight is 211 g/mol. The van der Waals surface area contributed by atoms with Gasteiger partial charge in [0.2, 0.25) is 6.41 Å². The molecule has 0 radical (unpaired) electrons. The van der Waals surface area contributed by atoms with Gasteiger partial charge in [-0.25, -0.2) is 0 Å². The zero-order valence-corrected chi connectivity index (χ0v) is 8.60. The van der Waals surface area contributed by atoms with Gasteiger partial charge in [0.25, 0.3) is 0 Å². The fourth-order valence-electron chi connectivity index (χ4n) is 1.37. The molecule has 0 aromatic carbocycles. The summed E-state index contributed by atoms with van der Waals surface area (Å²) in [5, 5.41) is 15.2. The Kier molecular flexibility index (Phi) is 3.43. The molecule has 0 saturated carbocycles. The van der Waals surface area contributed by atoms with Crippen LogP contribution in [0.5, 0.6) is 0 Å². The molecule has 0 bridgehead atoms. The molecular weight excluding hydrogens is 198 g/mol. The number of carboxylic acids is 1. The van der Waals surface area contributed by atoms with Gasteiger partial charge in [-0.3, -0.25) is 14.3 Å². The standard InChI is InChI=1S/C9H13N3O3/c1-6-7(4-11-12(6)2)8(10-5-13)3-9(14)15/h4-5,8H,3H2,1-2H3,(H,10,13)(H,14,15). The van der Waals surface area contributed by atoms with Crippen LogP contribution in [-0.4, -0.2) is 27.3 Å². The minimum Gasteiger partial charge on any atom is -0.481 e. The third-order valence-electron chi connectivity index (χ3n) is 2.30. The molecule has 0 aliphatic heterocycles. The summed E-state index contributed by atoms with van der Waals surface area (Å²) in [5.41, 5.74) is 1.57. The maximum absolute atomic E-state index is 10.6. The number of aliphatic carboxylic acids is 1. The van der Waals surface area contributed by atoms with Gasteiger partial charge in [0.05, 0.1) is 18.7 Å². The fourth-order valence-corrected chi connectivity index (χ4v) is 1.37. The van der Waals surface area contributed by atoms with Crippen LogP contribution in [0.3, 0.4) is 0 Å². The summed E-state index contributed by atoms with van der Waals surface area (Å²) in [6, 6.07) is -0.520. The van der Waals surface area contributed by atoms with Crippen LogP contribution in [0.25, 0.3) is 0 Å².